The van der Waals surface area contributed by atoms with Crippen LogP contribution in [0, 0.1) is 12.7 Å². The normalized spacial score (nSPS) is 14.6. The molecule has 0 spiro atoms. The van der Waals surface area contributed by atoms with Gasteiger partial charge in [-0.3, -0.25) is 4.79 Å². The molecule has 2 aromatic carbocycles. The van der Waals surface area contributed by atoms with Gasteiger partial charge >= 0.3 is 6.03 Å². The Bertz CT molecular complexity index is 810. The summed E-state index contributed by atoms with van der Waals surface area (Å²) in [5.41, 5.74) is 1.98. The highest BCUT2D eigenvalue weighted by atomic mass is 19.1. The van der Waals surface area contributed by atoms with Crippen molar-refractivity contribution in [2.24, 2.45) is 0 Å². The Morgan fingerprint density at radius 1 is 1.00 bits per heavy atom. The Balaban J connectivity index is 1.55. The summed E-state index contributed by atoms with van der Waals surface area (Å²) in [6.45, 7) is 4.26. The molecule has 0 unspecified atom stereocenters. The molecule has 1 aliphatic heterocycles. The number of amides is 3. The summed E-state index contributed by atoms with van der Waals surface area (Å²) in [7, 11) is 0. The molecule has 0 aliphatic carbocycles. The zero-order chi connectivity index (χ0) is 19.2. The van der Waals surface area contributed by atoms with Gasteiger partial charge in [-0.2, -0.15) is 0 Å². The first-order chi connectivity index (χ1) is 13.0. The van der Waals surface area contributed by atoms with E-state index in [1.54, 1.807) is 22.8 Å². The molecule has 1 saturated heterocycles. The van der Waals surface area contributed by atoms with Crippen molar-refractivity contribution < 1.29 is 14.0 Å². The minimum absolute atomic E-state index is 0.120. The van der Waals surface area contributed by atoms with E-state index in [9.17, 15) is 14.0 Å². The highest BCUT2D eigenvalue weighted by molar-refractivity contribution is 5.94. The fourth-order valence-corrected chi connectivity index (χ4v) is 3.17. The van der Waals surface area contributed by atoms with E-state index in [4.69, 9.17) is 0 Å². The molecular weight excluding hydrogens is 345 g/mol. The average molecular weight is 369 g/mol. The Morgan fingerprint density at radius 3 is 2.44 bits per heavy atom. The molecule has 0 saturated carbocycles. The van der Waals surface area contributed by atoms with Crippen LogP contribution in [-0.4, -0.2) is 47.9 Å². The van der Waals surface area contributed by atoms with E-state index < -0.39 is 0 Å². The van der Waals surface area contributed by atoms with E-state index in [-0.39, 0.29) is 17.8 Å². The van der Waals surface area contributed by atoms with E-state index in [1.165, 1.54) is 12.1 Å². The summed E-state index contributed by atoms with van der Waals surface area (Å²) in [5, 5.41) is 2.93. The van der Waals surface area contributed by atoms with Gasteiger partial charge in [-0.1, -0.05) is 30.3 Å². The lowest BCUT2D eigenvalue weighted by Gasteiger charge is -2.22. The number of rotatable bonds is 3. The summed E-state index contributed by atoms with van der Waals surface area (Å²) >= 11 is 0. The van der Waals surface area contributed by atoms with Crippen LogP contribution in [0.25, 0.3) is 0 Å². The molecule has 6 heteroatoms. The van der Waals surface area contributed by atoms with Crippen molar-refractivity contribution in [3.8, 4) is 0 Å². The van der Waals surface area contributed by atoms with Gasteiger partial charge < -0.3 is 15.1 Å². The van der Waals surface area contributed by atoms with Gasteiger partial charge in [0.2, 0.25) is 0 Å². The molecule has 3 amide bonds. The summed E-state index contributed by atoms with van der Waals surface area (Å²) in [5.74, 6) is -0.437. The van der Waals surface area contributed by atoms with Crippen LogP contribution >= 0.6 is 0 Å². The van der Waals surface area contributed by atoms with Gasteiger partial charge in [0.1, 0.15) is 5.82 Å². The van der Waals surface area contributed by atoms with E-state index in [0.29, 0.717) is 50.3 Å². The molecule has 1 fully saturated rings. The van der Waals surface area contributed by atoms with Gasteiger partial charge in [0.25, 0.3) is 5.91 Å². The number of carbonyl (C=O) groups excluding carboxylic acids is 2. The molecular formula is C21H24FN3O2. The molecule has 27 heavy (non-hydrogen) atoms. The Kier molecular flexibility index (Phi) is 6.06. The molecule has 0 bridgehead atoms. The second-order valence-electron chi connectivity index (χ2n) is 6.74. The topological polar surface area (TPSA) is 52.7 Å². The minimum atomic E-state index is -0.316. The molecule has 5 nitrogen and oxygen atoms in total. The van der Waals surface area contributed by atoms with Gasteiger partial charge in [0.15, 0.2) is 0 Å². The Labute approximate surface area is 158 Å². The van der Waals surface area contributed by atoms with Crippen molar-refractivity contribution in [1.82, 2.24) is 15.1 Å². The van der Waals surface area contributed by atoms with Crippen molar-refractivity contribution in [3.05, 3.63) is 71.0 Å². The zero-order valence-electron chi connectivity index (χ0n) is 15.5. The number of hydrogen-bond acceptors (Lipinski definition) is 2. The van der Waals surface area contributed by atoms with Crippen molar-refractivity contribution in [1.29, 1.82) is 0 Å². The third-order valence-electron chi connectivity index (χ3n) is 4.76. The molecule has 142 valence electrons. The lowest BCUT2D eigenvalue weighted by molar-refractivity contribution is 0.0762. The highest BCUT2D eigenvalue weighted by Crippen LogP contribution is 2.13. The predicted molar refractivity (Wildman–Crippen MR) is 102 cm³/mol. The van der Waals surface area contributed by atoms with Crippen LogP contribution in [0.2, 0.25) is 0 Å². The number of nitrogens with zero attached hydrogens (tertiary/aromatic N) is 2. The molecule has 0 atom stereocenters. The molecule has 2 aromatic rings. The average Bonchev–Trinajstić information content (AvgIpc) is 2.95. The van der Waals surface area contributed by atoms with E-state index in [1.807, 2.05) is 30.3 Å². The van der Waals surface area contributed by atoms with Gasteiger partial charge in [-0.05, 0) is 42.7 Å². The van der Waals surface area contributed by atoms with Crippen LogP contribution in [0.5, 0.6) is 0 Å². The van der Waals surface area contributed by atoms with Crippen LogP contribution < -0.4 is 5.32 Å². The zero-order valence-corrected chi connectivity index (χ0v) is 15.5. The maximum absolute atomic E-state index is 13.4. The summed E-state index contributed by atoms with van der Waals surface area (Å²) < 4.78 is 13.4. The lowest BCUT2D eigenvalue weighted by Crippen LogP contribution is -2.42. The minimum Gasteiger partial charge on any atom is -0.337 e. The Hall–Kier alpha value is -2.89. The van der Waals surface area contributed by atoms with Gasteiger partial charge in [-0.25, -0.2) is 9.18 Å². The largest absolute Gasteiger partial charge is 0.337 e. The van der Waals surface area contributed by atoms with Gasteiger partial charge in [0.05, 0.1) is 0 Å². The van der Waals surface area contributed by atoms with Crippen LogP contribution in [0.3, 0.4) is 0 Å². The maximum Gasteiger partial charge on any atom is 0.317 e. The van der Waals surface area contributed by atoms with Crippen LogP contribution in [0.1, 0.15) is 27.9 Å². The predicted octanol–water partition coefficient (Wildman–Crippen LogP) is 3.19. The highest BCUT2D eigenvalue weighted by Gasteiger charge is 2.23. The maximum atomic E-state index is 13.4. The number of aryl methyl sites for hydroxylation is 1. The lowest BCUT2D eigenvalue weighted by atomic mass is 10.1. The van der Waals surface area contributed by atoms with E-state index >= 15 is 0 Å². The van der Waals surface area contributed by atoms with Gasteiger partial charge in [-0.15, -0.1) is 0 Å². The first-order valence-electron chi connectivity index (χ1n) is 9.17. The van der Waals surface area contributed by atoms with E-state index in [0.717, 1.165) is 5.56 Å². The second kappa shape index (κ2) is 8.66. The monoisotopic (exact) mass is 369 g/mol. The van der Waals surface area contributed by atoms with Crippen LogP contribution in [0.15, 0.2) is 48.5 Å². The SMILES string of the molecule is Cc1cc(C(=O)N2CCCN(C(=O)NCc3ccccc3)CC2)ccc1F. The summed E-state index contributed by atoms with van der Waals surface area (Å²) in [4.78, 5) is 28.6. The molecule has 0 aromatic heterocycles. The number of benzene rings is 2. The van der Waals surface area contributed by atoms with Crippen molar-refractivity contribution in [2.75, 3.05) is 26.2 Å². The van der Waals surface area contributed by atoms with E-state index in [2.05, 4.69) is 5.32 Å². The number of nitrogens with one attached hydrogen (secondary N) is 1. The third-order valence-corrected chi connectivity index (χ3v) is 4.76. The number of urea groups is 1. The molecule has 1 aliphatic rings. The molecule has 3 rings (SSSR count). The number of halogens is 1. The van der Waals surface area contributed by atoms with Crippen molar-refractivity contribution in [3.63, 3.8) is 0 Å². The Morgan fingerprint density at radius 2 is 1.70 bits per heavy atom. The van der Waals surface area contributed by atoms with Crippen molar-refractivity contribution >= 4 is 11.9 Å². The van der Waals surface area contributed by atoms with Crippen LogP contribution in [0.4, 0.5) is 9.18 Å². The standard InChI is InChI=1S/C21H24FN3O2/c1-16-14-18(8-9-19(16)22)20(26)24-10-5-11-25(13-12-24)21(27)23-15-17-6-3-2-4-7-17/h2-4,6-9,14H,5,10-13,15H2,1H3,(H,23,27). The molecule has 0 radical (unpaired) electrons. The number of hydrogen-bond donors (Lipinski definition) is 1. The second-order valence-corrected chi connectivity index (χ2v) is 6.74. The fraction of sp³-hybridized carbons (Fsp3) is 0.333. The summed E-state index contributed by atoms with van der Waals surface area (Å²) in [6.07, 6.45) is 0.713. The number of carbonyl (C=O) groups is 2. The van der Waals surface area contributed by atoms with Crippen LogP contribution in [-0.2, 0) is 6.54 Å². The first-order valence-corrected chi connectivity index (χ1v) is 9.17. The fourth-order valence-electron chi connectivity index (χ4n) is 3.17. The quantitative estimate of drug-likeness (QED) is 0.903. The summed E-state index contributed by atoms with van der Waals surface area (Å²) in [6, 6.07) is 14.0. The van der Waals surface area contributed by atoms with Gasteiger partial charge in [0, 0.05) is 38.3 Å². The molecule has 1 heterocycles. The molecule has 1 N–H and O–H groups in total. The van der Waals surface area contributed by atoms with Crippen molar-refractivity contribution in [2.45, 2.75) is 19.9 Å². The smallest absolute Gasteiger partial charge is 0.317 e. The third kappa shape index (κ3) is 4.84. The first kappa shape index (κ1) is 18.9.